The Balaban J connectivity index is 2.74. The smallest absolute Gasteiger partial charge is 0.325 e. The van der Waals surface area contributed by atoms with E-state index in [-0.39, 0.29) is 0 Å². The summed E-state index contributed by atoms with van der Waals surface area (Å²) in [5, 5.41) is 12.1. The van der Waals surface area contributed by atoms with Crippen molar-refractivity contribution in [2.75, 3.05) is 19.8 Å². The van der Waals surface area contributed by atoms with Crippen molar-refractivity contribution in [1.82, 2.24) is 5.32 Å². The lowest BCUT2D eigenvalue weighted by atomic mass is 10.0. The normalized spacial score (nSPS) is 11.8. The van der Waals surface area contributed by atoms with Crippen LogP contribution in [-0.4, -0.2) is 42.8 Å². The summed E-state index contributed by atoms with van der Waals surface area (Å²) in [6, 6.07) is 2.42. The van der Waals surface area contributed by atoms with E-state index in [1.165, 1.54) is 238 Å². The van der Waals surface area contributed by atoms with Crippen molar-refractivity contribution in [2.45, 2.75) is 303 Å². The second kappa shape index (κ2) is 46.7. The molecule has 0 saturated heterocycles. The fourth-order valence-electron chi connectivity index (χ4n) is 8.83. The van der Waals surface area contributed by atoms with E-state index < -0.39 is 17.9 Å². The summed E-state index contributed by atoms with van der Waals surface area (Å²) in [6.45, 7) is 9.94. The van der Waals surface area contributed by atoms with Gasteiger partial charge in [-0.1, -0.05) is 271 Å². The van der Waals surface area contributed by atoms with Crippen molar-refractivity contribution in [1.29, 1.82) is 0 Å². The zero-order valence-corrected chi connectivity index (χ0v) is 43.5. The number of nitrogens with one attached hydrogen (secondary N) is 1. The number of rotatable bonds is 51. The maximum absolute atomic E-state index is 13.4. The molecule has 0 saturated carbocycles. The molecule has 0 radical (unpaired) electrons. The van der Waals surface area contributed by atoms with Gasteiger partial charge in [0.2, 0.25) is 5.75 Å². The first-order valence-electron chi connectivity index (χ1n) is 28.5. The summed E-state index contributed by atoms with van der Waals surface area (Å²) in [5.74, 6) is 0.0580. The Morgan fingerprint density at radius 2 is 0.631 bits per heavy atom. The molecular weight excluding hydrogens is 807 g/mol. The number of carbonyl (C=O) groups is 2. The highest BCUT2D eigenvalue weighted by molar-refractivity contribution is 5.97. The molecule has 1 amide bonds. The highest BCUT2D eigenvalue weighted by Crippen LogP contribution is 2.40. The van der Waals surface area contributed by atoms with Crippen LogP contribution in [0.3, 0.4) is 0 Å². The van der Waals surface area contributed by atoms with Crippen LogP contribution in [0.5, 0.6) is 17.2 Å². The average molecular weight is 914 g/mol. The number of hydrogen-bond acceptors (Lipinski definition) is 5. The van der Waals surface area contributed by atoms with Gasteiger partial charge in [-0.05, 0) is 38.3 Å². The molecule has 1 aromatic carbocycles. The molecule has 1 atom stereocenters. The maximum atomic E-state index is 13.4. The summed E-state index contributed by atoms with van der Waals surface area (Å²) in [6.07, 6.45) is 54.6. The number of benzene rings is 1. The molecule has 1 aromatic rings. The largest absolute Gasteiger partial charge is 0.490 e. The molecular formula is C58H107NO6. The molecule has 0 fully saturated rings. The van der Waals surface area contributed by atoms with E-state index in [1.54, 1.807) is 12.1 Å². The molecule has 2 N–H and O–H groups in total. The van der Waals surface area contributed by atoms with E-state index in [4.69, 9.17) is 14.2 Å². The Hall–Kier alpha value is -2.44. The number of amides is 1. The van der Waals surface area contributed by atoms with Gasteiger partial charge in [0.15, 0.2) is 11.5 Å². The predicted octanol–water partition coefficient (Wildman–Crippen LogP) is 18.5. The van der Waals surface area contributed by atoms with E-state index in [0.717, 1.165) is 38.5 Å². The standard InChI is InChI=1S/C58H107NO6/c1-5-8-11-14-17-20-23-26-29-32-35-38-41-44-47-63-54-50-53(57(60)59-52(4)58(61)62)51-55(64-48-45-42-39-36-33-30-27-24-21-18-15-12-9-6-2)56(54)65-49-46-43-40-37-34-31-28-25-22-19-16-13-10-7-3/h50-52H,5-49H2,1-4H3,(H,59,60)(H,61,62)/t52-/m0/s1. The molecule has 65 heavy (non-hydrogen) atoms. The molecule has 0 aromatic heterocycles. The van der Waals surface area contributed by atoms with Crippen LogP contribution in [0.2, 0.25) is 0 Å². The Morgan fingerprint density at radius 3 is 0.877 bits per heavy atom. The third-order valence-electron chi connectivity index (χ3n) is 13.3. The van der Waals surface area contributed by atoms with Crippen LogP contribution in [0.1, 0.15) is 308 Å². The van der Waals surface area contributed by atoms with Gasteiger partial charge >= 0.3 is 5.97 Å². The van der Waals surface area contributed by atoms with Gasteiger partial charge in [-0.15, -0.1) is 0 Å². The van der Waals surface area contributed by atoms with E-state index in [2.05, 4.69) is 26.1 Å². The molecule has 0 heterocycles. The summed E-state index contributed by atoms with van der Waals surface area (Å²) in [5.41, 5.74) is 0.328. The Labute approximate surface area is 402 Å². The molecule has 0 unspecified atom stereocenters. The predicted molar refractivity (Wildman–Crippen MR) is 278 cm³/mol. The Bertz CT molecular complexity index is 1150. The zero-order chi connectivity index (χ0) is 47.1. The van der Waals surface area contributed by atoms with Gasteiger partial charge in [0, 0.05) is 5.56 Å². The van der Waals surface area contributed by atoms with E-state index in [9.17, 15) is 14.7 Å². The van der Waals surface area contributed by atoms with Crippen LogP contribution in [0, 0.1) is 0 Å². The number of ether oxygens (including phenoxy) is 3. The molecule has 7 heteroatoms. The van der Waals surface area contributed by atoms with Crippen molar-refractivity contribution in [3.8, 4) is 17.2 Å². The second-order valence-corrected chi connectivity index (χ2v) is 19.7. The van der Waals surface area contributed by atoms with Crippen LogP contribution in [0.4, 0.5) is 0 Å². The van der Waals surface area contributed by atoms with Crippen molar-refractivity contribution in [3.63, 3.8) is 0 Å². The van der Waals surface area contributed by atoms with Gasteiger partial charge in [-0.3, -0.25) is 9.59 Å². The van der Waals surface area contributed by atoms with E-state index in [1.807, 2.05) is 0 Å². The lowest BCUT2D eigenvalue weighted by molar-refractivity contribution is -0.138. The lowest BCUT2D eigenvalue weighted by Crippen LogP contribution is -2.38. The molecule has 1 rings (SSSR count). The fourth-order valence-corrected chi connectivity index (χ4v) is 8.83. The van der Waals surface area contributed by atoms with Gasteiger partial charge in [-0.2, -0.15) is 0 Å². The summed E-state index contributed by atoms with van der Waals surface area (Å²) in [7, 11) is 0. The minimum Gasteiger partial charge on any atom is -0.490 e. The zero-order valence-electron chi connectivity index (χ0n) is 43.5. The first-order chi connectivity index (χ1) is 31.9. The van der Waals surface area contributed by atoms with Crippen LogP contribution in [-0.2, 0) is 4.79 Å². The average Bonchev–Trinajstić information content (AvgIpc) is 3.30. The topological polar surface area (TPSA) is 94.1 Å². The SMILES string of the molecule is CCCCCCCCCCCCCCCCOc1cc(C(=O)N[C@@H](C)C(=O)O)cc(OCCCCCCCCCCCCCCCC)c1OCCCCCCCCCCCCCCCC. The van der Waals surface area contributed by atoms with Gasteiger partial charge in [0.05, 0.1) is 19.8 Å². The molecule has 0 bridgehead atoms. The summed E-state index contributed by atoms with van der Waals surface area (Å²) < 4.78 is 19.4. The third-order valence-corrected chi connectivity index (χ3v) is 13.3. The molecule has 380 valence electrons. The number of unbranched alkanes of at least 4 members (excludes halogenated alkanes) is 39. The Morgan fingerprint density at radius 1 is 0.400 bits per heavy atom. The number of carbonyl (C=O) groups excluding carboxylic acids is 1. The van der Waals surface area contributed by atoms with E-state index in [0.29, 0.717) is 42.6 Å². The van der Waals surface area contributed by atoms with Crippen molar-refractivity contribution < 1.29 is 28.9 Å². The van der Waals surface area contributed by atoms with Crippen molar-refractivity contribution in [2.24, 2.45) is 0 Å². The van der Waals surface area contributed by atoms with Crippen molar-refractivity contribution >= 4 is 11.9 Å². The van der Waals surface area contributed by atoms with Crippen LogP contribution in [0.25, 0.3) is 0 Å². The van der Waals surface area contributed by atoms with Crippen LogP contribution < -0.4 is 19.5 Å². The van der Waals surface area contributed by atoms with Crippen LogP contribution in [0.15, 0.2) is 12.1 Å². The third kappa shape index (κ3) is 37.3. The minimum atomic E-state index is -1.07. The van der Waals surface area contributed by atoms with Gasteiger partial charge in [0.25, 0.3) is 5.91 Å². The van der Waals surface area contributed by atoms with E-state index >= 15 is 0 Å². The maximum Gasteiger partial charge on any atom is 0.325 e. The van der Waals surface area contributed by atoms with Gasteiger partial charge in [-0.25, -0.2) is 0 Å². The van der Waals surface area contributed by atoms with Crippen LogP contribution >= 0.6 is 0 Å². The molecule has 0 spiro atoms. The Kier molecular flexibility index (Phi) is 43.5. The summed E-state index contributed by atoms with van der Waals surface area (Å²) in [4.78, 5) is 25.0. The molecule has 0 aliphatic rings. The lowest BCUT2D eigenvalue weighted by Gasteiger charge is -2.19. The first-order valence-corrected chi connectivity index (χ1v) is 28.5. The number of carboxylic acids is 1. The van der Waals surface area contributed by atoms with Crippen molar-refractivity contribution in [3.05, 3.63) is 17.7 Å². The quantitative estimate of drug-likeness (QED) is 0.0633. The highest BCUT2D eigenvalue weighted by atomic mass is 16.5. The number of aliphatic carboxylic acids is 1. The molecule has 0 aliphatic carbocycles. The molecule has 0 aliphatic heterocycles. The molecule has 7 nitrogen and oxygen atoms in total. The highest BCUT2D eigenvalue weighted by Gasteiger charge is 2.22. The van der Waals surface area contributed by atoms with Gasteiger partial charge in [0.1, 0.15) is 6.04 Å². The monoisotopic (exact) mass is 914 g/mol. The second-order valence-electron chi connectivity index (χ2n) is 19.7. The minimum absolute atomic E-state index is 0.328. The number of hydrogen-bond donors (Lipinski definition) is 2. The summed E-state index contributed by atoms with van der Waals surface area (Å²) >= 11 is 0. The fraction of sp³-hybridized carbons (Fsp3) is 0.862. The number of carboxylic acid groups (broad SMARTS) is 1. The first kappa shape index (κ1) is 60.6. The van der Waals surface area contributed by atoms with Gasteiger partial charge < -0.3 is 24.6 Å².